The highest BCUT2D eigenvalue weighted by Crippen LogP contribution is 2.32. The van der Waals surface area contributed by atoms with E-state index in [1.54, 1.807) is 22.6 Å². The standard InChI is InChI=1S/C7H9IO3/c8-6(9)4-1-2-5(3-4)7(10)11/h4-5H,1-3H2,(H,10,11). The van der Waals surface area contributed by atoms with E-state index in [9.17, 15) is 9.59 Å². The van der Waals surface area contributed by atoms with E-state index >= 15 is 0 Å². The molecule has 1 fully saturated rings. The van der Waals surface area contributed by atoms with Gasteiger partial charge in [-0.3, -0.25) is 9.59 Å². The molecule has 3 nitrogen and oxygen atoms in total. The fourth-order valence-corrected chi connectivity index (χ4v) is 1.98. The van der Waals surface area contributed by atoms with Crippen LogP contribution in [0.5, 0.6) is 0 Å². The third-order valence-electron chi connectivity index (χ3n) is 2.10. The predicted molar refractivity (Wildman–Crippen MR) is 47.5 cm³/mol. The average Bonchev–Trinajstić information content (AvgIpc) is 2.33. The van der Waals surface area contributed by atoms with Crippen LogP contribution in [-0.2, 0) is 9.59 Å². The SMILES string of the molecule is O=C(O)C1CCC(C(=O)I)C1. The minimum Gasteiger partial charge on any atom is -0.481 e. The van der Waals surface area contributed by atoms with Gasteiger partial charge in [-0.15, -0.1) is 0 Å². The van der Waals surface area contributed by atoms with Crippen LogP contribution in [0.25, 0.3) is 0 Å². The number of halogens is 1. The Labute approximate surface area is 78.3 Å². The summed E-state index contributed by atoms with van der Waals surface area (Å²) in [6.45, 7) is 0. The van der Waals surface area contributed by atoms with Crippen molar-refractivity contribution >= 4 is 32.4 Å². The Hall–Kier alpha value is -0.130. The fraction of sp³-hybridized carbons (Fsp3) is 0.714. The number of carboxylic acid groups (broad SMARTS) is 1. The van der Waals surface area contributed by atoms with Crippen molar-refractivity contribution in [1.82, 2.24) is 0 Å². The van der Waals surface area contributed by atoms with E-state index in [4.69, 9.17) is 5.11 Å². The second kappa shape index (κ2) is 3.51. The number of aliphatic carboxylic acids is 1. The molecule has 1 aliphatic carbocycles. The summed E-state index contributed by atoms with van der Waals surface area (Å²) in [7, 11) is 0. The number of hydrogen-bond acceptors (Lipinski definition) is 2. The minimum atomic E-state index is -0.759. The summed E-state index contributed by atoms with van der Waals surface area (Å²) in [6.07, 6.45) is 1.95. The van der Waals surface area contributed by atoms with Gasteiger partial charge in [-0.1, -0.05) is 0 Å². The third kappa shape index (κ3) is 2.15. The molecular weight excluding hydrogens is 259 g/mol. The molecule has 62 valence electrons. The van der Waals surface area contributed by atoms with E-state index < -0.39 is 5.97 Å². The molecule has 2 atom stereocenters. The number of carboxylic acids is 1. The molecule has 1 aliphatic rings. The zero-order valence-electron chi connectivity index (χ0n) is 5.92. The largest absolute Gasteiger partial charge is 0.481 e. The second-order valence-electron chi connectivity index (χ2n) is 2.85. The van der Waals surface area contributed by atoms with Crippen molar-refractivity contribution in [3.63, 3.8) is 0 Å². The first kappa shape index (κ1) is 8.96. The van der Waals surface area contributed by atoms with Crippen LogP contribution < -0.4 is 0 Å². The second-order valence-corrected chi connectivity index (χ2v) is 3.91. The summed E-state index contributed by atoms with van der Waals surface area (Å²) in [5.41, 5.74) is 0. The molecule has 1 saturated carbocycles. The summed E-state index contributed by atoms with van der Waals surface area (Å²) in [5.74, 6) is -1.04. The lowest BCUT2D eigenvalue weighted by Gasteiger charge is -2.01. The Morgan fingerprint density at radius 3 is 2.09 bits per heavy atom. The van der Waals surface area contributed by atoms with Crippen molar-refractivity contribution in [2.24, 2.45) is 11.8 Å². The van der Waals surface area contributed by atoms with Gasteiger partial charge in [0.05, 0.1) is 5.92 Å². The quantitative estimate of drug-likeness (QED) is 0.609. The molecule has 0 aliphatic heterocycles. The maximum Gasteiger partial charge on any atom is 0.306 e. The molecule has 0 aromatic carbocycles. The van der Waals surface area contributed by atoms with E-state index in [0.29, 0.717) is 12.8 Å². The molecule has 11 heavy (non-hydrogen) atoms. The Kier molecular flexibility index (Phi) is 2.86. The van der Waals surface area contributed by atoms with Gasteiger partial charge in [0.25, 0.3) is 0 Å². The van der Waals surface area contributed by atoms with Gasteiger partial charge >= 0.3 is 5.97 Å². The Balaban J connectivity index is 2.47. The molecule has 0 radical (unpaired) electrons. The average molecular weight is 268 g/mol. The van der Waals surface area contributed by atoms with Gasteiger partial charge in [-0.25, -0.2) is 0 Å². The van der Waals surface area contributed by atoms with Crippen LogP contribution in [0.3, 0.4) is 0 Å². The first-order chi connectivity index (χ1) is 5.11. The van der Waals surface area contributed by atoms with Gasteiger partial charge in [0, 0.05) is 5.92 Å². The van der Waals surface area contributed by atoms with Crippen LogP contribution >= 0.6 is 22.6 Å². The normalized spacial score (nSPS) is 30.3. The first-order valence-electron chi connectivity index (χ1n) is 3.53. The molecule has 0 heterocycles. The van der Waals surface area contributed by atoms with E-state index in [2.05, 4.69) is 0 Å². The zero-order valence-corrected chi connectivity index (χ0v) is 8.08. The number of hydrogen-bond donors (Lipinski definition) is 1. The first-order valence-corrected chi connectivity index (χ1v) is 4.61. The molecular formula is C7H9IO3. The van der Waals surface area contributed by atoms with Crippen molar-refractivity contribution in [3.05, 3.63) is 0 Å². The number of carbonyl (C=O) groups is 2. The summed E-state index contributed by atoms with van der Waals surface area (Å²) < 4.78 is 0.103. The molecule has 0 saturated heterocycles. The highest BCUT2D eigenvalue weighted by atomic mass is 127. The van der Waals surface area contributed by atoms with Crippen molar-refractivity contribution in [2.75, 3.05) is 0 Å². The van der Waals surface area contributed by atoms with Crippen LogP contribution in [-0.4, -0.2) is 14.9 Å². The number of rotatable bonds is 2. The van der Waals surface area contributed by atoms with E-state index in [0.717, 1.165) is 6.42 Å². The molecule has 4 heteroatoms. The van der Waals surface area contributed by atoms with Crippen LogP contribution in [0, 0.1) is 11.8 Å². The van der Waals surface area contributed by atoms with Gasteiger partial charge in [0.15, 0.2) is 3.79 Å². The highest BCUT2D eigenvalue weighted by molar-refractivity contribution is 14.1. The van der Waals surface area contributed by atoms with Crippen LogP contribution in [0.15, 0.2) is 0 Å². The Morgan fingerprint density at radius 2 is 1.82 bits per heavy atom. The van der Waals surface area contributed by atoms with Crippen LogP contribution in [0.1, 0.15) is 19.3 Å². The lowest BCUT2D eigenvalue weighted by atomic mass is 10.1. The lowest BCUT2D eigenvalue weighted by molar-refractivity contribution is -0.141. The third-order valence-corrected chi connectivity index (χ3v) is 2.98. The van der Waals surface area contributed by atoms with Gasteiger partial charge in [-0.2, -0.15) is 0 Å². The summed E-state index contributed by atoms with van der Waals surface area (Å²) in [5, 5.41) is 8.60. The predicted octanol–water partition coefficient (Wildman–Crippen LogP) is 1.45. The molecule has 2 unspecified atom stereocenters. The van der Waals surface area contributed by atoms with Crippen LogP contribution in [0.4, 0.5) is 0 Å². The Bertz CT molecular complexity index is 170. The van der Waals surface area contributed by atoms with E-state index in [-0.39, 0.29) is 15.6 Å². The van der Waals surface area contributed by atoms with Crippen molar-refractivity contribution in [2.45, 2.75) is 19.3 Å². The van der Waals surface area contributed by atoms with Crippen molar-refractivity contribution < 1.29 is 14.7 Å². The number of carbonyl (C=O) groups excluding carboxylic acids is 1. The van der Waals surface area contributed by atoms with Gasteiger partial charge < -0.3 is 5.11 Å². The van der Waals surface area contributed by atoms with E-state index in [1.807, 2.05) is 0 Å². The minimum absolute atomic E-state index is 0.00306. The summed E-state index contributed by atoms with van der Waals surface area (Å²) >= 11 is 1.75. The maximum absolute atomic E-state index is 10.8. The lowest BCUT2D eigenvalue weighted by Crippen LogP contribution is -2.11. The fourth-order valence-electron chi connectivity index (χ4n) is 1.41. The summed E-state index contributed by atoms with van der Waals surface area (Å²) in [6, 6.07) is 0. The molecule has 0 bridgehead atoms. The van der Waals surface area contributed by atoms with Gasteiger partial charge in [-0.05, 0) is 41.9 Å². The monoisotopic (exact) mass is 268 g/mol. The van der Waals surface area contributed by atoms with Gasteiger partial charge in [0.2, 0.25) is 0 Å². The van der Waals surface area contributed by atoms with Gasteiger partial charge in [0.1, 0.15) is 0 Å². The van der Waals surface area contributed by atoms with Crippen molar-refractivity contribution in [3.8, 4) is 0 Å². The molecule has 0 amide bonds. The van der Waals surface area contributed by atoms with E-state index in [1.165, 1.54) is 0 Å². The molecule has 0 aromatic heterocycles. The van der Waals surface area contributed by atoms with Crippen molar-refractivity contribution in [1.29, 1.82) is 0 Å². The maximum atomic E-state index is 10.8. The molecule has 0 aromatic rings. The summed E-state index contributed by atoms with van der Waals surface area (Å²) in [4.78, 5) is 21.3. The molecule has 0 spiro atoms. The zero-order chi connectivity index (χ0) is 8.43. The topological polar surface area (TPSA) is 54.4 Å². The van der Waals surface area contributed by atoms with Crippen LogP contribution in [0.2, 0.25) is 0 Å². The Morgan fingerprint density at radius 1 is 1.27 bits per heavy atom. The molecule has 1 N–H and O–H groups in total. The smallest absolute Gasteiger partial charge is 0.306 e. The molecule has 1 rings (SSSR count). The highest BCUT2D eigenvalue weighted by Gasteiger charge is 2.32.